The van der Waals surface area contributed by atoms with Crippen molar-refractivity contribution in [1.82, 2.24) is 10.2 Å². The predicted molar refractivity (Wildman–Crippen MR) is 119 cm³/mol. The van der Waals surface area contributed by atoms with Crippen molar-refractivity contribution >= 4 is 46.2 Å². The van der Waals surface area contributed by atoms with E-state index >= 15 is 0 Å². The zero-order valence-corrected chi connectivity index (χ0v) is 18.0. The molecule has 8 nitrogen and oxygen atoms in total. The Kier molecular flexibility index (Phi) is 6.23. The van der Waals surface area contributed by atoms with E-state index in [9.17, 15) is 14.9 Å². The van der Waals surface area contributed by atoms with Crippen LogP contribution in [0.5, 0.6) is 5.75 Å². The van der Waals surface area contributed by atoms with Crippen molar-refractivity contribution in [3.05, 3.63) is 74.4 Å². The van der Waals surface area contributed by atoms with Gasteiger partial charge in [-0.2, -0.15) is 0 Å². The van der Waals surface area contributed by atoms with Gasteiger partial charge in [-0.25, -0.2) is 0 Å². The Morgan fingerprint density at radius 2 is 2.03 bits per heavy atom. The van der Waals surface area contributed by atoms with Gasteiger partial charge < -0.3 is 20.3 Å². The Labute approximate surface area is 183 Å². The van der Waals surface area contributed by atoms with E-state index < -0.39 is 11.0 Å². The molecule has 1 aliphatic heterocycles. The average Bonchev–Trinajstić information content (AvgIpc) is 2.72. The van der Waals surface area contributed by atoms with Gasteiger partial charge in [0.05, 0.1) is 29.3 Å². The third-order valence-corrected chi connectivity index (χ3v) is 5.57. The summed E-state index contributed by atoms with van der Waals surface area (Å²) < 4.78 is 5.30. The Balaban J connectivity index is 2.06. The van der Waals surface area contributed by atoms with Gasteiger partial charge in [-0.3, -0.25) is 14.9 Å². The number of halogens is 1. The molecule has 10 heteroatoms. The third-order valence-electron chi connectivity index (χ3n) is 4.85. The molecule has 1 amide bonds. The van der Waals surface area contributed by atoms with E-state index in [1.807, 2.05) is 0 Å². The molecule has 2 N–H and O–H groups in total. The summed E-state index contributed by atoms with van der Waals surface area (Å²) in [5.74, 6) is 0.122. The first-order valence-electron chi connectivity index (χ1n) is 8.87. The zero-order chi connectivity index (χ0) is 22.0. The maximum atomic E-state index is 13.3. The first-order valence-corrected chi connectivity index (χ1v) is 9.66. The van der Waals surface area contributed by atoms with Gasteiger partial charge in [0.15, 0.2) is 5.11 Å². The smallest absolute Gasteiger partial charge is 0.288 e. The molecular weight excluding hydrogens is 428 g/mol. The Morgan fingerprint density at radius 1 is 1.33 bits per heavy atom. The SMILES string of the molecule is COc1ccccc1NC(=O)C1=C(C)N(C)C(=S)NC1c1ccc(Cl)c([N+](=O)[O-])c1. The predicted octanol–water partition coefficient (Wildman–Crippen LogP) is 4.03. The molecule has 156 valence electrons. The van der Waals surface area contributed by atoms with Crippen LogP contribution in [0, 0.1) is 10.1 Å². The number of nitrogens with one attached hydrogen (secondary N) is 2. The molecule has 2 aromatic rings. The molecular formula is C20H19ClN4O4S. The number of rotatable bonds is 5. The zero-order valence-electron chi connectivity index (χ0n) is 16.4. The Hall–Kier alpha value is -3.17. The molecule has 0 fully saturated rings. The van der Waals surface area contributed by atoms with Crippen molar-refractivity contribution < 1.29 is 14.5 Å². The molecule has 2 aromatic carbocycles. The van der Waals surface area contributed by atoms with E-state index in [4.69, 9.17) is 28.6 Å². The highest BCUT2D eigenvalue weighted by Crippen LogP contribution is 2.35. The number of amides is 1. The van der Waals surface area contributed by atoms with Crippen LogP contribution >= 0.6 is 23.8 Å². The number of methoxy groups -OCH3 is 1. The topological polar surface area (TPSA) is 96.7 Å². The number of carbonyl (C=O) groups is 1. The summed E-state index contributed by atoms with van der Waals surface area (Å²) in [6.07, 6.45) is 0. The summed E-state index contributed by atoms with van der Waals surface area (Å²) in [5, 5.41) is 17.7. The minimum Gasteiger partial charge on any atom is -0.495 e. The number of hydrogen-bond acceptors (Lipinski definition) is 5. The highest BCUT2D eigenvalue weighted by molar-refractivity contribution is 7.80. The fourth-order valence-corrected chi connectivity index (χ4v) is 3.61. The number of nitro groups is 1. The molecule has 0 spiro atoms. The molecule has 1 unspecified atom stereocenters. The molecule has 30 heavy (non-hydrogen) atoms. The molecule has 0 saturated heterocycles. The number of para-hydroxylation sites is 2. The molecule has 0 saturated carbocycles. The molecule has 0 aliphatic carbocycles. The van der Waals surface area contributed by atoms with Crippen LogP contribution in [0.1, 0.15) is 18.5 Å². The standard InChI is InChI=1S/C20H19ClN4O4S/c1-11-17(19(26)22-14-6-4-5-7-16(14)29-3)18(23-20(30)24(11)2)12-8-9-13(21)15(10-12)25(27)28/h4-10,18H,1-3H3,(H,22,26)(H,23,30). The van der Waals surface area contributed by atoms with Gasteiger partial charge in [-0.1, -0.05) is 29.8 Å². The van der Waals surface area contributed by atoms with Gasteiger partial charge in [0.2, 0.25) is 0 Å². The van der Waals surface area contributed by atoms with Crippen LogP contribution in [-0.2, 0) is 4.79 Å². The van der Waals surface area contributed by atoms with Crippen LogP contribution in [0.3, 0.4) is 0 Å². The minimum absolute atomic E-state index is 0.0139. The highest BCUT2D eigenvalue weighted by Gasteiger charge is 2.33. The van der Waals surface area contributed by atoms with Crippen molar-refractivity contribution in [2.45, 2.75) is 13.0 Å². The number of hydrogen-bond donors (Lipinski definition) is 2. The fraction of sp³-hybridized carbons (Fsp3) is 0.200. The second-order valence-corrected chi connectivity index (χ2v) is 7.36. The van der Waals surface area contributed by atoms with Crippen molar-refractivity contribution in [2.75, 3.05) is 19.5 Å². The van der Waals surface area contributed by atoms with Crippen LogP contribution in [0.4, 0.5) is 11.4 Å². The molecule has 0 aromatic heterocycles. The molecule has 1 heterocycles. The Bertz CT molecular complexity index is 1070. The maximum absolute atomic E-state index is 13.3. The van der Waals surface area contributed by atoms with Crippen molar-refractivity contribution in [1.29, 1.82) is 0 Å². The number of allylic oxidation sites excluding steroid dienone is 1. The lowest BCUT2D eigenvalue weighted by Gasteiger charge is -2.35. The molecule has 3 rings (SSSR count). The van der Waals surface area contributed by atoms with E-state index in [-0.39, 0.29) is 16.6 Å². The van der Waals surface area contributed by atoms with Crippen LogP contribution in [-0.4, -0.2) is 35.0 Å². The quantitative estimate of drug-likeness (QED) is 0.406. The number of thiocarbonyl (C=S) groups is 1. The van der Waals surface area contributed by atoms with Crippen LogP contribution < -0.4 is 15.4 Å². The molecule has 1 atom stereocenters. The van der Waals surface area contributed by atoms with Crippen molar-refractivity contribution in [2.24, 2.45) is 0 Å². The second kappa shape index (κ2) is 8.68. The van der Waals surface area contributed by atoms with E-state index in [1.54, 1.807) is 49.2 Å². The van der Waals surface area contributed by atoms with Crippen molar-refractivity contribution in [3.63, 3.8) is 0 Å². The normalized spacial score (nSPS) is 16.2. The van der Waals surface area contributed by atoms with E-state index in [2.05, 4.69) is 10.6 Å². The van der Waals surface area contributed by atoms with E-state index in [0.717, 1.165) is 0 Å². The lowest BCUT2D eigenvalue weighted by Crippen LogP contribution is -2.46. The summed E-state index contributed by atoms with van der Waals surface area (Å²) in [7, 11) is 3.25. The number of benzene rings is 2. The summed E-state index contributed by atoms with van der Waals surface area (Å²) >= 11 is 11.3. The van der Waals surface area contributed by atoms with Crippen LogP contribution in [0.25, 0.3) is 0 Å². The van der Waals surface area contributed by atoms with E-state index in [0.29, 0.717) is 33.4 Å². The summed E-state index contributed by atoms with van der Waals surface area (Å²) in [6.45, 7) is 1.77. The second-order valence-electron chi connectivity index (χ2n) is 6.56. The fourth-order valence-electron chi connectivity index (χ4n) is 3.17. The van der Waals surface area contributed by atoms with Gasteiger partial charge >= 0.3 is 0 Å². The lowest BCUT2D eigenvalue weighted by atomic mass is 9.94. The molecule has 0 radical (unpaired) electrons. The third kappa shape index (κ3) is 4.07. The molecule has 1 aliphatic rings. The summed E-state index contributed by atoms with van der Waals surface area (Å²) in [6, 6.07) is 10.7. The number of carbonyl (C=O) groups excluding carboxylic acids is 1. The van der Waals surface area contributed by atoms with Gasteiger partial charge in [0, 0.05) is 18.8 Å². The van der Waals surface area contributed by atoms with Gasteiger partial charge in [-0.15, -0.1) is 0 Å². The van der Waals surface area contributed by atoms with Crippen LogP contribution in [0.2, 0.25) is 5.02 Å². The average molecular weight is 447 g/mol. The monoisotopic (exact) mass is 446 g/mol. The van der Waals surface area contributed by atoms with Crippen molar-refractivity contribution in [3.8, 4) is 5.75 Å². The highest BCUT2D eigenvalue weighted by atomic mass is 35.5. The largest absolute Gasteiger partial charge is 0.495 e. The number of ether oxygens (including phenoxy) is 1. The van der Waals surface area contributed by atoms with Gasteiger partial charge in [0.1, 0.15) is 10.8 Å². The lowest BCUT2D eigenvalue weighted by molar-refractivity contribution is -0.384. The van der Waals surface area contributed by atoms with E-state index in [1.165, 1.54) is 19.2 Å². The number of nitrogens with zero attached hydrogens (tertiary/aromatic N) is 2. The molecule has 0 bridgehead atoms. The first kappa shape index (κ1) is 21.5. The minimum atomic E-state index is -0.695. The Morgan fingerprint density at radius 3 is 2.70 bits per heavy atom. The van der Waals surface area contributed by atoms with Crippen LogP contribution in [0.15, 0.2) is 53.7 Å². The number of anilines is 1. The summed E-state index contributed by atoms with van der Waals surface area (Å²) in [5.41, 5.74) is 1.73. The maximum Gasteiger partial charge on any atom is 0.288 e. The van der Waals surface area contributed by atoms with Gasteiger partial charge in [0.25, 0.3) is 11.6 Å². The first-order chi connectivity index (χ1) is 14.2. The van der Waals surface area contributed by atoms with Gasteiger partial charge in [-0.05, 0) is 42.9 Å². The summed E-state index contributed by atoms with van der Waals surface area (Å²) in [4.78, 5) is 25.7. The number of nitro benzene ring substituents is 1.